The van der Waals surface area contributed by atoms with Crippen LogP contribution in [0.15, 0.2) is 17.1 Å². The minimum atomic E-state index is -0.120. The molecule has 2 aliphatic carbocycles. The molecule has 8 nitrogen and oxygen atoms in total. The molecule has 2 heterocycles. The normalized spacial score (nSPS) is 31.6. The van der Waals surface area contributed by atoms with Crippen molar-refractivity contribution < 1.29 is 19.1 Å². The van der Waals surface area contributed by atoms with Crippen molar-refractivity contribution in [3.05, 3.63) is 12.2 Å². The molecule has 160 valence electrons. The number of ether oxygens (including phenoxy) is 2. The third-order valence-corrected chi connectivity index (χ3v) is 6.55. The molecule has 4 atom stereocenters. The van der Waals surface area contributed by atoms with E-state index in [0.29, 0.717) is 31.8 Å². The van der Waals surface area contributed by atoms with Crippen molar-refractivity contribution in [2.45, 2.75) is 31.8 Å². The first-order valence-corrected chi connectivity index (χ1v) is 10.9. The lowest BCUT2D eigenvalue weighted by Gasteiger charge is -2.22. The minimum Gasteiger partial charge on any atom is -0.381 e. The molecule has 4 rings (SSSR count). The van der Waals surface area contributed by atoms with Gasteiger partial charge in [-0.15, -0.1) is 0 Å². The van der Waals surface area contributed by atoms with Crippen molar-refractivity contribution in [3.63, 3.8) is 0 Å². The van der Waals surface area contributed by atoms with Gasteiger partial charge in [-0.3, -0.25) is 19.5 Å². The maximum Gasteiger partial charge on any atom is 0.233 e. The van der Waals surface area contributed by atoms with Crippen molar-refractivity contribution in [1.29, 1.82) is 0 Å². The predicted molar refractivity (Wildman–Crippen MR) is 108 cm³/mol. The molecule has 2 N–H and O–H groups in total. The van der Waals surface area contributed by atoms with Crippen molar-refractivity contribution in [1.82, 2.24) is 15.5 Å². The number of allylic oxidation sites excluding steroid dienone is 2. The summed E-state index contributed by atoms with van der Waals surface area (Å²) in [6.45, 7) is 3.94. The lowest BCUT2D eigenvalue weighted by molar-refractivity contribution is -0.140. The van der Waals surface area contributed by atoms with E-state index in [1.54, 1.807) is 7.05 Å². The maximum absolute atomic E-state index is 12.7. The minimum absolute atomic E-state index is 0.00635. The molecule has 2 amide bonds. The summed E-state index contributed by atoms with van der Waals surface area (Å²) in [5.41, 5.74) is 0. The zero-order valence-corrected chi connectivity index (χ0v) is 17.1. The Morgan fingerprint density at radius 1 is 1.14 bits per heavy atom. The van der Waals surface area contributed by atoms with Gasteiger partial charge >= 0.3 is 0 Å². The van der Waals surface area contributed by atoms with Crippen molar-refractivity contribution in [2.75, 3.05) is 46.5 Å². The number of amides is 2. The summed E-state index contributed by atoms with van der Waals surface area (Å²) in [5, 5.41) is 6.46. The van der Waals surface area contributed by atoms with Crippen LogP contribution in [0, 0.1) is 23.7 Å². The summed E-state index contributed by atoms with van der Waals surface area (Å²) < 4.78 is 11.2. The highest BCUT2D eigenvalue weighted by Crippen LogP contribution is 2.52. The quantitative estimate of drug-likeness (QED) is 0.202. The van der Waals surface area contributed by atoms with E-state index in [2.05, 4.69) is 27.8 Å². The summed E-state index contributed by atoms with van der Waals surface area (Å²) in [6.07, 6.45) is 8.37. The van der Waals surface area contributed by atoms with E-state index in [1.807, 2.05) is 0 Å². The molecule has 4 unspecified atom stereocenters. The van der Waals surface area contributed by atoms with E-state index in [0.717, 1.165) is 45.4 Å². The zero-order chi connectivity index (χ0) is 20.2. The van der Waals surface area contributed by atoms with Gasteiger partial charge in [0.2, 0.25) is 11.8 Å². The SMILES string of the molecule is CN=C(NCCCOC1CCOCC1)NCCN1C(=O)C2C3C=CC(C3)C2C1=O. The van der Waals surface area contributed by atoms with Gasteiger partial charge in [-0.1, -0.05) is 12.2 Å². The van der Waals surface area contributed by atoms with E-state index < -0.39 is 0 Å². The first kappa shape index (κ1) is 20.3. The number of guanidine groups is 1. The van der Waals surface area contributed by atoms with Crippen molar-refractivity contribution in [2.24, 2.45) is 28.7 Å². The Morgan fingerprint density at radius 3 is 2.45 bits per heavy atom. The largest absolute Gasteiger partial charge is 0.381 e. The van der Waals surface area contributed by atoms with Gasteiger partial charge in [0.25, 0.3) is 0 Å². The summed E-state index contributed by atoms with van der Waals surface area (Å²) in [6, 6.07) is 0. The van der Waals surface area contributed by atoms with Gasteiger partial charge in [0.15, 0.2) is 5.96 Å². The molecule has 3 fully saturated rings. The van der Waals surface area contributed by atoms with Crippen LogP contribution in [-0.4, -0.2) is 75.3 Å². The van der Waals surface area contributed by atoms with E-state index in [1.165, 1.54) is 4.90 Å². The second-order valence-corrected chi connectivity index (χ2v) is 8.29. The predicted octanol–water partition coefficient (Wildman–Crippen LogP) is 0.544. The second-order valence-electron chi connectivity index (χ2n) is 8.29. The van der Waals surface area contributed by atoms with E-state index in [-0.39, 0.29) is 35.5 Å². The Labute approximate surface area is 172 Å². The van der Waals surface area contributed by atoms with E-state index in [4.69, 9.17) is 9.47 Å². The van der Waals surface area contributed by atoms with Crippen molar-refractivity contribution in [3.8, 4) is 0 Å². The first-order chi connectivity index (χ1) is 14.2. The molecule has 2 bridgehead atoms. The zero-order valence-electron chi connectivity index (χ0n) is 17.1. The van der Waals surface area contributed by atoms with Crippen LogP contribution in [0.1, 0.15) is 25.7 Å². The molecule has 8 heteroatoms. The maximum atomic E-state index is 12.7. The van der Waals surface area contributed by atoms with Gasteiger partial charge in [-0.25, -0.2) is 0 Å². The highest BCUT2D eigenvalue weighted by atomic mass is 16.5. The molecule has 0 aromatic carbocycles. The highest BCUT2D eigenvalue weighted by Gasteiger charge is 2.58. The van der Waals surface area contributed by atoms with Crippen LogP contribution in [0.25, 0.3) is 0 Å². The molecule has 0 radical (unpaired) electrons. The van der Waals surface area contributed by atoms with Crippen LogP contribution in [-0.2, 0) is 19.1 Å². The van der Waals surface area contributed by atoms with Crippen LogP contribution in [0.5, 0.6) is 0 Å². The van der Waals surface area contributed by atoms with Gasteiger partial charge < -0.3 is 20.1 Å². The fraction of sp³-hybridized carbons (Fsp3) is 0.762. The first-order valence-electron chi connectivity index (χ1n) is 10.9. The fourth-order valence-corrected chi connectivity index (χ4v) is 5.06. The number of carbonyl (C=O) groups is 2. The van der Waals surface area contributed by atoms with Gasteiger partial charge in [-0.2, -0.15) is 0 Å². The summed E-state index contributed by atoms with van der Waals surface area (Å²) >= 11 is 0. The number of nitrogens with zero attached hydrogens (tertiary/aromatic N) is 2. The van der Waals surface area contributed by atoms with Gasteiger partial charge in [0.1, 0.15) is 0 Å². The van der Waals surface area contributed by atoms with E-state index >= 15 is 0 Å². The average Bonchev–Trinajstić information content (AvgIpc) is 3.42. The number of hydrogen-bond donors (Lipinski definition) is 2. The Morgan fingerprint density at radius 2 is 1.79 bits per heavy atom. The Hall–Kier alpha value is -1.93. The summed E-state index contributed by atoms with van der Waals surface area (Å²) in [5.74, 6) is 0.974. The number of hydrogen-bond acceptors (Lipinski definition) is 5. The molecule has 0 aromatic heterocycles. The molecule has 0 aromatic rings. The Balaban J connectivity index is 1.13. The number of fused-ring (bicyclic) bond motifs is 5. The molecule has 0 spiro atoms. The molecular formula is C21H32N4O4. The second kappa shape index (κ2) is 9.26. The number of aliphatic imine (C=N–C) groups is 1. The third kappa shape index (κ3) is 4.33. The van der Waals surface area contributed by atoms with Crippen LogP contribution in [0.2, 0.25) is 0 Å². The Kier molecular flexibility index (Phi) is 6.50. The highest BCUT2D eigenvalue weighted by molar-refractivity contribution is 6.06. The van der Waals surface area contributed by atoms with Crippen molar-refractivity contribution >= 4 is 17.8 Å². The summed E-state index contributed by atoms with van der Waals surface area (Å²) in [7, 11) is 1.72. The smallest absolute Gasteiger partial charge is 0.233 e. The molecule has 1 saturated carbocycles. The molecule has 2 saturated heterocycles. The lowest BCUT2D eigenvalue weighted by atomic mass is 9.85. The number of nitrogens with one attached hydrogen (secondary N) is 2. The number of carbonyl (C=O) groups excluding carboxylic acids is 2. The van der Waals surface area contributed by atoms with E-state index in [9.17, 15) is 9.59 Å². The number of rotatable bonds is 8. The monoisotopic (exact) mass is 404 g/mol. The number of likely N-dealkylation sites (tertiary alicyclic amines) is 1. The number of imide groups is 1. The molecule has 29 heavy (non-hydrogen) atoms. The average molecular weight is 405 g/mol. The Bertz CT molecular complexity index is 644. The molecule has 4 aliphatic rings. The summed E-state index contributed by atoms with van der Waals surface area (Å²) in [4.78, 5) is 31.0. The van der Waals surface area contributed by atoms with Gasteiger partial charge in [-0.05, 0) is 37.5 Å². The van der Waals surface area contributed by atoms with Gasteiger partial charge in [0, 0.05) is 46.5 Å². The third-order valence-electron chi connectivity index (χ3n) is 6.55. The lowest BCUT2D eigenvalue weighted by Crippen LogP contribution is -2.44. The van der Waals surface area contributed by atoms with Crippen LogP contribution < -0.4 is 10.6 Å². The van der Waals surface area contributed by atoms with Gasteiger partial charge in [0.05, 0.1) is 17.9 Å². The van der Waals surface area contributed by atoms with Crippen LogP contribution in [0.4, 0.5) is 0 Å². The topological polar surface area (TPSA) is 92.3 Å². The fourth-order valence-electron chi connectivity index (χ4n) is 5.06. The standard InChI is InChI=1S/C21H32N4O4/c1-22-21(23-7-2-10-29-16-5-11-28-12-6-16)24-8-9-25-19(26)17-14-3-4-15(13-14)18(17)20(25)27/h3-4,14-18H,2,5-13H2,1H3,(H2,22,23,24). The van der Waals surface area contributed by atoms with Crippen LogP contribution >= 0.6 is 0 Å². The van der Waals surface area contributed by atoms with Crippen LogP contribution in [0.3, 0.4) is 0 Å². The molecule has 2 aliphatic heterocycles. The molecular weight excluding hydrogens is 372 g/mol.